The Morgan fingerprint density at radius 3 is 2.42 bits per heavy atom. The predicted molar refractivity (Wildman–Crippen MR) is 101 cm³/mol. The smallest absolute Gasteiger partial charge is 0.223 e. The average molecular weight is 352 g/mol. The Hall–Kier alpha value is -1.10. The molecule has 1 amide bonds. The minimum atomic E-state index is 0. The molecule has 0 spiro atoms. The Labute approximate surface area is 151 Å². The maximum Gasteiger partial charge on any atom is 0.223 e. The zero-order chi connectivity index (χ0) is 15.9. The molecule has 0 aliphatic carbocycles. The van der Waals surface area contributed by atoms with Gasteiger partial charge < -0.3 is 15.5 Å². The molecule has 2 N–H and O–H groups in total. The van der Waals surface area contributed by atoms with E-state index in [2.05, 4.69) is 45.9 Å². The summed E-state index contributed by atoms with van der Waals surface area (Å²) >= 11 is 0. The van der Waals surface area contributed by atoms with Crippen molar-refractivity contribution in [1.29, 1.82) is 0 Å². The molecule has 1 aromatic rings. The summed E-state index contributed by atoms with van der Waals surface area (Å²) < 4.78 is 0. The van der Waals surface area contributed by atoms with Crippen molar-refractivity contribution in [2.45, 2.75) is 38.1 Å². The summed E-state index contributed by atoms with van der Waals surface area (Å²) in [6, 6.07) is 11.1. The van der Waals surface area contributed by atoms with Crippen molar-refractivity contribution < 1.29 is 4.79 Å². The minimum absolute atomic E-state index is 0. The molecular formula is C19H30ClN3O. The van der Waals surface area contributed by atoms with Crippen LogP contribution in [0.15, 0.2) is 30.3 Å². The number of hydrogen-bond donors (Lipinski definition) is 2. The third-order valence-corrected chi connectivity index (χ3v) is 5.20. The van der Waals surface area contributed by atoms with Gasteiger partial charge in [-0.3, -0.25) is 4.79 Å². The molecule has 0 atom stereocenters. The molecule has 2 saturated heterocycles. The highest BCUT2D eigenvalue weighted by molar-refractivity contribution is 5.85. The summed E-state index contributed by atoms with van der Waals surface area (Å²) in [5.74, 6) is 0.515. The summed E-state index contributed by atoms with van der Waals surface area (Å²) in [4.78, 5) is 14.8. The third-order valence-electron chi connectivity index (χ3n) is 5.20. The number of nitrogens with zero attached hydrogens (tertiary/aromatic N) is 1. The first-order valence-electron chi connectivity index (χ1n) is 9.08. The van der Waals surface area contributed by atoms with Gasteiger partial charge >= 0.3 is 0 Å². The molecule has 5 heteroatoms. The Morgan fingerprint density at radius 1 is 1.08 bits per heavy atom. The monoisotopic (exact) mass is 351 g/mol. The number of carbonyl (C=O) groups is 1. The highest BCUT2D eigenvalue weighted by atomic mass is 35.5. The van der Waals surface area contributed by atoms with Gasteiger partial charge in [0, 0.05) is 31.6 Å². The van der Waals surface area contributed by atoms with Gasteiger partial charge in [-0.1, -0.05) is 30.3 Å². The zero-order valence-electron chi connectivity index (χ0n) is 14.4. The van der Waals surface area contributed by atoms with Gasteiger partial charge in [0.1, 0.15) is 0 Å². The van der Waals surface area contributed by atoms with Crippen LogP contribution in [0.25, 0.3) is 0 Å². The van der Waals surface area contributed by atoms with Crippen LogP contribution in [0.4, 0.5) is 0 Å². The lowest BCUT2D eigenvalue weighted by Gasteiger charge is -2.33. The van der Waals surface area contributed by atoms with Gasteiger partial charge in [-0.25, -0.2) is 0 Å². The topological polar surface area (TPSA) is 44.4 Å². The number of halogens is 1. The summed E-state index contributed by atoms with van der Waals surface area (Å²) in [5, 5.41) is 6.61. The number of benzene rings is 1. The van der Waals surface area contributed by atoms with E-state index in [-0.39, 0.29) is 24.2 Å². The van der Waals surface area contributed by atoms with Crippen molar-refractivity contribution in [3.63, 3.8) is 0 Å². The lowest BCUT2D eigenvalue weighted by molar-refractivity contribution is -0.126. The average Bonchev–Trinajstić information content (AvgIpc) is 2.63. The number of carbonyl (C=O) groups excluding carboxylic acids is 1. The van der Waals surface area contributed by atoms with Gasteiger partial charge in [0.25, 0.3) is 0 Å². The molecule has 0 radical (unpaired) electrons. The van der Waals surface area contributed by atoms with Gasteiger partial charge in [-0.05, 0) is 50.8 Å². The number of nitrogens with one attached hydrogen (secondary N) is 2. The molecule has 2 aliphatic heterocycles. The zero-order valence-corrected chi connectivity index (χ0v) is 15.2. The van der Waals surface area contributed by atoms with Gasteiger partial charge in [0.05, 0.1) is 0 Å². The Kier molecular flexibility index (Phi) is 8.03. The van der Waals surface area contributed by atoms with Crippen molar-refractivity contribution in [1.82, 2.24) is 15.5 Å². The fraction of sp³-hybridized carbons (Fsp3) is 0.632. The molecular weight excluding hydrogens is 322 g/mol. The summed E-state index contributed by atoms with van der Waals surface area (Å²) in [6.07, 6.45) is 5.27. The molecule has 24 heavy (non-hydrogen) atoms. The molecule has 2 heterocycles. The van der Waals surface area contributed by atoms with Gasteiger partial charge in [0.2, 0.25) is 5.91 Å². The standard InChI is InChI=1S/C19H29N3O.ClH/c23-19(17-6-11-20-12-7-17)21-18-9-14-22(15-10-18)13-8-16-4-2-1-3-5-16;/h1-5,17-18,20H,6-15H2,(H,21,23);1H. The van der Waals surface area contributed by atoms with Crippen LogP contribution >= 0.6 is 12.4 Å². The molecule has 0 unspecified atom stereocenters. The maximum absolute atomic E-state index is 12.3. The second kappa shape index (κ2) is 10.0. The molecule has 3 rings (SSSR count). The van der Waals surface area contributed by atoms with Crippen LogP contribution in [0.1, 0.15) is 31.2 Å². The summed E-state index contributed by atoms with van der Waals surface area (Å²) in [7, 11) is 0. The van der Waals surface area contributed by atoms with E-state index in [1.165, 1.54) is 5.56 Å². The van der Waals surface area contributed by atoms with Crippen LogP contribution in [0.3, 0.4) is 0 Å². The molecule has 0 bridgehead atoms. The lowest BCUT2D eigenvalue weighted by atomic mass is 9.96. The molecule has 1 aromatic carbocycles. The number of amides is 1. The minimum Gasteiger partial charge on any atom is -0.353 e. The van der Waals surface area contributed by atoms with Crippen molar-refractivity contribution in [3.8, 4) is 0 Å². The van der Waals surface area contributed by atoms with E-state index in [9.17, 15) is 4.79 Å². The Morgan fingerprint density at radius 2 is 1.75 bits per heavy atom. The molecule has 0 aromatic heterocycles. The van der Waals surface area contributed by atoms with Crippen LogP contribution in [-0.4, -0.2) is 49.6 Å². The van der Waals surface area contributed by atoms with E-state index in [4.69, 9.17) is 0 Å². The highest BCUT2D eigenvalue weighted by Gasteiger charge is 2.25. The van der Waals surface area contributed by atoms with Gasteiger partial charge in [-0.2, -0.15) is 0 Å². The van der Waals surface area contributed by atoms with Crippen LogP contribution in [0, 0.1) is 5.92 Å². The van der Waals surface area contributed by atoms with E-state index < -0.39 is 0 Å². The van der Waals surface area contributed by atoms with Crippen LogP contribution in [0.5, 0.6) is 0 Å². The maximum atomic E-state index is 12.3. The Balaban J connectivity index is 0.00000208. The SMILES string of the molecule is Cl.O=C(NC1CCN(CCc2ccccc2)CC1)C1CCNCC1. The van der Waals surface area contributed by atoms with Crippen LogP contribution < -0.4 is 10.6 Å². The lowest BCUT2D eigenvalue weighted by Crippen LogP contribution is -2.48. The largest absolute Gasteiger partial charge is 0.353 e. The normalized spacial score (nSPS) is 20.3. The van der Waals surface area contributed by atoms with E-state index in [0.29, 0.717) is 6.04 Å². The first kappa shape index (κ1) is 19.2. The van der Waals surface area contributed by atoms with Crippen LogP contribution in [0.2, 0.25) is 0 Å². The fourth-order valence-electron chi connectivity index (χ4n) is 3.64. The second-order valence-electron chi connectivity index (χ2n) is 6.88. The van der Waals surface area contributed by atoms with E-state index >= 15 is 0 Å². The van der Waals surface area contributed by atoms with Crippen molar-refractivity contribution in [2.24, 2.45) is 5.92 Å². The molecule has 0 saturated carbocycles. The number of hydrogen-bond acceptors (Lipinski definition) is 3. The number of likely N-dealkylation sites (tertiary alicyclic amines) is 1. The first-order chi connectivity index (χ1) is 11.3. The molecule has 4 nitrogen and oxygen atoms in total. The molecule has 2 aliphatic rings. The quantitative estimate of drug-likeness (QED) is 0.855. The second-order valence-corrected chi connectivity index (χ2v) is 6.88. The van der Waals surface area contributed by atoms with E-state index in [0.717, 1.165) is 64.8 Å². The predicted octanol–water partition coefficient (Wildman–Crippen LogP) is 2.23. The summed E-state index contributed by atoms with van der Waals surface area (Å²) in [5.41, 5.74) is 1.41. The Bertz CT molecular complexity index is 483. The molecule has 134 valence electrons. The molecule has 2 fully saturated rings. The fourth-order valence-corrected chi connectivity index (χ4v) is 3.64. The highest BCUT2D eigenvalue weighted by Crippen LogP contribution is 2.15. The van der Waals surface area contributed by atoms with Crippen LogP contribution in [-0.2, 0) is 11.2 Å². The van der Waals surface area contributed by atoms with Crippen molar-refractivity contribution >= 4 is 18.3 Å². The first-order valence-corrected chi connectivity index (χ1v) is 9.08. The van der Waals surface area contributed by atoms with E-state index in [1.807, 2.05) is 0 Å². The third kappa shape index (κ3) is 5.76. The summed E-state index contributed by atoms with van der Waals surface area (Å²) in [6.45, 7) is 5.29. The number of piperidine rings is 2. The number of rotatable bonds is 5. The van der Waals surface area contributed by atoms with E-state index in [1.54, 1.807) is 0 Å². The van der Waals surface area contributed by atoms with Gasteiger partial charge in [-0.15, -0.1) is 12.4 Å². The van der Waals surface area contributed by atoms with Gasteiger partial charge in [0.15, 0.2) is 0 Å². The van der Waals surface area contributed by atoms with Crippen molar-refractivity contribution in [2.75, 3.05) is 32.7 Å². The van der Waals surface area contributed by atoms with Crippen molar-refractivity contribution in [3.05, 3.63) is 35.9 Å².